The molecule has 1 N–H and O–H groups in total. The Morgan fingerprint density at radius 1 is 1.14 bits per heavy atom. The van der Waals surface area contributed by atoms with E-state index in [0.29, 0.717) is 26.3 Å². The Labute approximate surface area is 220 Å². The Morgan fingerprint density at radius 2 is 1.86 bits per heavy atom. The minimum Gasteiger partial charge on any atom is -0.378 e. The molecular weight excluding hydrogens is 524 g/mol. The van der Waals surface area contributed by atoms with Gasteiger partial charge >= 0.3 is 0 Å². The van der Waals surface area contributed by atoms with Crippen LogP contribution in [0.4, 0.5) is 4.39 Å². The quantitative estimate of drug-likeness (QED) is 0.335. The molecule has 1 aliphatic rings. The number of aliphatic hydroxyl groups is 1. The van der Waals surface area contributed by atoms with E-state index in [9.17, 15) is 9.90 Å². The molecule has 3 heterocycles. The monoisotopic (exact) mass is 543 g/mol. The van der Waals surface area contributed by atoms with Crippen molar-refractivity contribution in [3.05, 3.63) is 115 Å². The molecule has 184 valence electrons. The maximum Gasteiger partial charge on any atom is 0.257 e. The Hall–Kier alpha value is -2.88. The Kier molecular flexibility index (Phi) is 6.34. The van der Waals surface area contributed by atoms with Crippen molar-refractivity contribution in [2.24, 2.45) is 0 Å². The fourth-order valence-electron chi connectivity index (χ4n) is 4.56. The number of hydrogen-bond acceptors (Lipinski definition) is 6. The summed E-state index contributed by atoms with van der Waals surface area (Å²) in [4.78, 5) is 23.8. The number of ether oxygens (including phenoxy) is 1. The maximum absolute atomic E-state index is 16.1. The maximum atomic E-state index is 16.1. The number of benzene rings is 2. The van der Waals surface area contributed by atoms with E-state index in [1.807, 2.05) is 0 Å². The van der Waals surface area contributed by atoms with Gasteiger partial charge in [-0.3, -0.25) is 14.7 Å². The van der Waals surface area contributed by atoms with E-state index in [2.05, 4.69) is 9.97 Å². The SMILES string of the molecule is CO[C@]1(c2ccc(Cl)cc2)c2c(F)cc(C(C)(O)c3nccs3)cc2C(=O)N1Cc1ccc(Cl)cn1. The Morgan fingerprint density at radius 3 is 2.47 bits per heavy atom. The Balaban J connectivity index is 1.72. The van der Waals surface area contributed by atoms with Crippen LogP contribution in [0.1, 0.15) is 44.7 Å². The number of carbonyl (C=O) groups excluding carboxylic acids is 1. The molecule has 0 saturated heterocycles. The van der Waals surface area contributed by atoms with Crippen LogP contribution < -0.4 is 0 Å². The standard InChI is InChI=1S/C26H20Cl2FN3O3S/c1-25(34,24-30-9-10-36-24)16-11-20-22(21(29)12-16)26(35-2,15-3-5-17(27)6-4-15)32(23(20)33)14-19-8-7-18(28)13-31-19/h3-13,34H,14H2,1-2H3/t25?,26-/m1/s1. The highest BCUT2D eigenvalue weighted by Crippen LogP contribution is 2.48. The molecule has 36 heavy (non-hydrogen) atoms. The number of carbonyl (C=O) groups is 1. The molecule has 1 amide bonds. The number of thiazole rings is 1. The fourth-order valence-corrected chi connectivity index (χ4v) is 5.52. The molecule has 1 unspecified atom stereocenters. The molecule has 0 fully saturated rings. The van der Waals surface area contributed by atoms with E-state index in [4.69, 9.17) is 27.9 Å². The van der Waals surface area contributed by atoms with Gasteiger partial charge in [0.15, 0.2) is 5.72 Å². The van der Waals surface area contributed by atoms with Crippen LogP contribution in [0.5, 0.6) is 0 Å². The van der Waals surface area contributed by atoms with Gasteiger partial charge in [0.25, 0.3) is 5.91 Å². The molecule has 2 atom stereocenters. The van der Waals surface area contributed by atoms with Gasteiger partial charge in [-0.05, 0) is 48.9 Å². The topological polar surface area (TPSA) is 75.6 Å². The van der Waals surface area contributed by atoms with Crippen molar-refractivity contribution in [2.75, 3.05) is 7.11 Å². The van der Waals surface area contributed by atoms with Gasteiger partial charge in [-0.2, -0.15) is 0 Å². The fraction of sp³-hybridized carbons (Fsp3) is 0.192. The summed E-state index contributed by atoms with van der Waals surface area (Å²) in [5.74, 6) is -1.18. The molecule has 2 aromatic heterocycles. The summed E-state index contributed by atoms with van der Waals surface area (Å²) < 4.78 is 22.1. The molecule has 1 aliphatic heterocycles. The van der Waals surface area contributed by atoms with Crippen LogP contribution >= 0.6 is 34.5 Å². The molecule has 10 heteroatoms. The average Bonchev–Trinajstić information content (AvgIpc) is 3.49. The summed E-state index contributed by atoms with van der Waals surface area (Å²) in [5.41, 5.74) is -1.84. The van der Waals surface area contributed by atoms with Crippen molar-refractivity contribution >= 4 is 40.4 Å². The first kappa shape index (κ1) is 24.8. The molecule has 5 rings (SSSR count). The molecule has 0 saturated carbocycles. The summed E-state index contributed by atoms with van der Waals surface area (Å²) >= 11 is 13.3. The highest BCUT2D eigenvalue weighted by Gasteiger charge is 2.54. The van der Waals surface area contributed by atoms with Gasteiger partial charge in [0, 0.05) is 35.5 Å². The predicted molar refractivity (Wildman–Crippen MR) is 136 cm³/mol. The van der Waals surface area contributed by atoms with E-state index >= 15 is 4.39 Å². The number of fused-ring (bicyclic) bond motifs is 1. The van der Waals surface area contributed by atoms with Crippen molar-refractivity contribution in [2.45, 2.75) is 24.8 Å². The van der Waals surface area contributed by atoms with Crippen molar-refractivity contribution in [3.8, 4) is 0 Å². The van der Waals surface area contributed by atoms with Crippen molar-refractivity contribution < 1.29 is 19.0 Å². The van der Waals surface area contributed by atoms with Crippen LogP contribution in [0.2, 0.25) is 10.0 Å². The number of methoxy groups -OCH3 is 1. The van der Waals surface area contributed by atoms with Crippen molar-refractivity contribution in [1.82, 2.24) is 14.9 Å². The third-order valence-electron chi connectivity index (χ3n) is 6.34. The second-order valence-electron chi connectivity index (χ2n) is 8.50. The third kappa shape index (κ3) is 3.90. The first-order valence-corrected chi connectivity index (χ1v) is 12.5. The largest absolute Gasteiger partial charge is 0.378 e. The Bertz CT molecular complexity index is 1430. The molecular formula is C26H20Cl2FN3O3S. The average molecular weight is 544 g/mol. The lowest BCUT2D eigenvalue weighted by Gasteiger charge is -2.38. The first-order chi connectivity index (χ1) is 17.2. The first-order valence-electron chi connectivity index (χ1n) is 10.9. The summed E-state index contributed by atoms with van der Waals surface area (Å²) in [6.07, 6.45) is 3.03. The van der Waals surface area contributed by atoms with E-state index in [0.717, 1.165) is 0 Å². The van der Waals surface area contributed by atoms with Crippen LogP contribution in [0.15, 0.2) is 66.3 Å². The number of aromatic nitrogens is 2. The highest BCUT2D eigenvalue weighted by atomic mass is 35.5. The number of rotatable bonds is 6. The third-order valence-corrected chi connectivity index (χ3v) is 7.79. The highest BCUT2D eigenvalue weighted by molar-refractivity contribution is 7.09. The van der Waals surface area contributed by atoms with Gasteiger partial charge in [0.05, 0.1) is 28.4 Å². The molecule has 4 aromatic rings. The molecule has 0 radical (unpaired) electrons. The predicted octanol–water partition coefficient (Wildman–Crippen LogP) is 5.74. The normalized spacial score (nSPS) is 18.8. The van der Waals surface area contributed by atoms with Crippen LogP contribution in [0.25, 0.3) is 0 Å². The second-order valence-corrected chi connectivity index (χ2v) is 10.3. The van der Waals surface area contributed by atoms with Gasteiger partial charge in [-0.25, -0.2) is 9.37 Å². The zero-order chi connectivity index (χ0) is 25.7. The van der Waals surface area contributed by atoms with Crippen LogP contribution in [0.3, 0.4) is 0 Å². The number of amides is 1. The zero-order valence-electron chi connectivity index (χ0n) is 19.2. The zero-order valence-corrected chi connectivity index (χ0v) is 21.5. The summed E-state index contributed by atoms with van der Waals surface area (Å²) in [7, 11) is 1.42. The van der Waals surface area contributed by atoms with Gasteiger partial charge < -0.3 is 9.84 Å². The van der Waals surface area contributed by atoms with E-state index in [1.165, 1.54) is 48.6 Å². The summed E-state index contributed by atoms with van der Waals surface area (Å²) in [5, 5.41) is 14.3. The second kappa shape index (κ2) is 9.21. The lowest BCUT2D eigenvalue weighted by atomic mass is 9.88. The van der Waals surface area contributed by atoms with E-state index in [1.54, 1.807) is 48.0 Å². The van der Waals surface area contributed by atoms with Gasteiger partial charge in [0.2, 0.25) is 0 Å². The summed E-state index contributed by atoms with van der Waals surface area (Å²) in [6.45, 7) is 1.53. The number of nitrogens with zero attached hydrogens (tertiary/aromatic N) is 3. The lowest BCUT2D eigenvalue weighted by molar-refractivity contribution is -0.0886. The lowest BCUT2D eigenvalue weighted by Crippen LogP contribution is -2.46. The van der Waals surface area contributed by atoms with Crippen LogP contribution in [-0.4, -0.2) is 33.0 Å². The van der Waals surface area contributed by atoms with Gasteiger partial charge in [-0.1, -0.05) is 35.3 Å². The smallest absolute Gasteiger partial charge is 0.257 e. The van der Waals surface area contributed by atoms with Gasteiger partial charge in [0.1, 0.15) is 16.4 Å². The molecule has 0 aliphatic carbocycles. The minimum absolute atomic E-state index is 0.0127. The van der Waals surface area contributed by atoms with Crippen LogP contribution in [-0.2, 0) is 22.6 Å². The van der Waals surface area contributed by atoms with Crippen molar-refractivity contribution in [3.63, 3.8) is 0 Å². The van der Waals surface area contributed by atoms with E-state index in [-0.39, 0.29) is 23.2 Å². The molecule has 6 nitrogen and oxygen atoms in total. The van der Waals surface area contributed by atoms with Crippen molar-refractivity contribution in [1.29, 1.82) is 0 Å². The number of hydrogen-bond donors (Lipinski definition) is 1. The number of halogens is 3. The summed E-state index contributed by atoms with van der Waals surface area (Å²) in [6, 6.07) is 12.8. The molecule has 0 spiro atoms. The molecule has 2 aromatic carbocycles. The molecule has 0 bridgehead atoms. The van der Waals surface area contributed by atoms with E-state index < -0.39 is 23.1 Å². The van der Waals surface area contributed by atoms with Gasteiger partial charge in [-0.15, -0.1) is 11.3 Å². The number of pyridine rings is 1. The van der Waals surface area contributed by atoms with Crippen LogP contribution in [0, 0.1) is 5.82 Å². The minimum atomic E-state index is -1.61.